The van der Waals surface area contributed by atoms with E-state index in [1.807, 2.05) is 67.5 Å². The number of ether oxygens (including phenoxy) is 1. The maximum Gasteiger partial charge on any atom is 0.128 e. The van der Waals surface area contributed by atoms with E-state index in [0.29, 0.717) is 11.4 Å². The SMILES string of the molecule is COc1ccc(-n2c(N)c(C#N)c(C#N)c2-c2ccc(N(C)C)cc2)cc1. The van der Waals surface area contributed by atoms with Crippen LogP contribution in [-0.4, -0.2) is 25.8 Å². The summed E-state index contributed by atoms with van der Waals surface area (Å²) in [7, 11) is 5.52. The van der Waals surface area contributed by atoms with Gasteiger partial charge in [0, 0.05) is 31.0 Å². The molecule has 3 aromatic rings. The molecule has 6 heteroatoms. The predicted octanol–water partition coefficient (Wildman–Crippen LogP) is 3.54. The first-order valence-corrected chi connectivity index (χ1v) is 8.28. The van der Waals surface area contributed by atoms with E-state index in [1.165, 1.54) is 0 Å². The number of aromatic nitrogens is 1. The average Bonchev–Trinajstić information content (AvgIpc) is 2.99. The first kappa shape index (κ1) is 17.9. The minimum atomic E-state index is 0.181. The van der Waals surface area contributed by atoms with Crippen LogP contribution in [0.4, 0.5) is 11.5 Å². The fraction of sp³-hybridized carbons (Fsp3) is 0.143. The summed E-state index contributed by atoms with van der Waals surface area (Å²) < 4.78 is 6.94. The van der Waals surface area contributed by atoms with Crippen molar-refractivity contribution in [3.63, 3.8) is 0 Å². The zero-order valence-electron chi connectivity index (χ0n) is 15.4. The van der Waals surface area contributed by atoms with Gasteiger partial charge in [-0.2, -0.15) is 10.5 Å². The van der Waals surface area contributed by atoms with Gasteiger partial charge in [-0.05, 0) is 36.4 Å². The molecule has 6 nitrogen and oxygen atoms in total. The van der Waals surface area contributed by atoms with Crippen molar-refractivity contribution in [2.45, 2.75) is 0 Å². The van der Waals surface area contributed by atoms with Gasteiger partial charge in [0.05, 0.1) is 18.4 Å². The minimum Gasteiger partial charge on any atom is -0.497 e. The van der Waals surface area contributed by atoms with E-state index < -0.39 is 0 Å². The number of hydrogen-bond acceptors (Lipinski definition) is 5. The van der Waals surface area contributed by atoms with Gasteiger partial charge in [0.15, 0.2) is 0 Å². The van der Waals surface area contributed by atoms with Crippen molar-refractivity contribution in [2.24, 2.45) is 0 Å². The van der Waals surface area contributed by atoms with E-state index >= 15 is 0 Å². The highest BCUT2D eigenvalue weighted by atomic mass is 16.5. The molecule has 0 aliphatic carbocycles. The van der Waals surface area contributed by atoms with Gasteiger partial charge in [0.25, 0.3) is 0 Å². The normalized spacial score (nSPS) is 10.1. The van der Waals surface area contributed by atoms with Crippen LogP contribution in [0.3, 0.4) is 0 Å². The molecule has 0 saturated carbocycles. The number of nitriles is 2. The van der Waals surface area contributed by atoms with Gasteiger partial charge in [0.2, 0.25) is 0 Å². The molecule has 134 valence electrons. The van der Waals surface area contributed by atoms with Crippen molar-refractivity contribution in [2.75, 3.05) is 31.8 Å². The van der Waals surface area contributed by atoms with E-state index in [4.69, 9.17) is 10.5 Å². The highest BCUT2D eigenvalue weighted by Gasteiger charge is 2.23. The summed E-state index contributed by atoms with van der Waals surface area (Å²) in [4.78, 5) is 1.99. The van der Waals surface area contributed by atoms with Gasteiger partial charge in [-0.1, -0.05) is 12.1 Å². The Morgan fingerprint density at radius 2 is 1.52 bits per heavy atom. The lowest BCUT2D eigenvalue weighted by Gasteiger charge is -2.15. The van der Waals surface area contributed by atoms with Crippen LogP contribution in [0.5, 0.6) is 5.75 Å². The lowest BCUT2D eigenvalue weighted by molar-refractivity contribution is 0.415. The second kappa shape index (κ2) is 7.15. The highest BCUT2D eigenvalue weighted by molar-refractivity contribution is 5.81. The van der Waals surface area contributed by atoms with E-state index in [0.717, 1.165) is 16.9 Å². The van der Waals surface area contributed by atoms with Crippen LogP contribution in [0.25, 0.3) is 16.9 Å². The minimum absolute atomic E-state index is 0.181. The summed E-state index contributed by atoms with van der Waals surface area (Å²) in [5, 5.41) is 19.2. The lowest BCUT2D eigenvalue weighted by atomic mass is 10.1. The van der Waals surface area contributed by atoms with Crippen molar-refractivity contribution in [1.29, 1.82) is 10.5 Å². The van der Waals surface area contributed by atoms with Gasteiger partial charge in [-0.25, -0.2) is 0 Å². The predicted molar refractivity (Wildman–Crippen MR) is 106 cm³/mol. The molecule has 2 N–H and O–H groups in total. The third kappa shape index (κ3) is 3.05. The molecule has 2 aromatic carbocycles. The first-order chi connectivity index (χ1) is 13.0. The Kier molecular flexibility index (Phi) is 4.74. The maximum absolute atomic E-state index is 9.70. The molecule has 27 heavy (non-hydrogen) atoms. The first-order valence-electron chi connectivity index (χ1n) is 8.28. The molecule has 0 bridgehead atoms. The molecule has 3 rings (SSSR count). The fourth-order valence-electron chi connectivity index (χ4n) is 3.00. The van der Waals surface area contributed by atoms with Gasteiger partial charge in [-0.15, -0.1) is 0 Å². The van der Waals surface area contributed by atoms with Crippen LogP contribution < -0.4 is 15.4 Å². The van der Waals surface area contributed by atoms with Crippen LogP contribution >= 0.6 is 0 Å². The van der Waals surface area contributed by atoms with Crippen LogP contribution in [0.2, 0.25) is 0 Å². The van der Waals surface area contributed by atoms with Crippen molar-refractivity contribution in [3.05, 3.63) is 59.7 Å². The van der Waals surface area contributed by atoms with Crippen LogP contribution in [0.15, 0.2) is 48.5 Å². The summed E-state index contributed by atoms with van der Waals surface area (Å²) in [6.07, 6.45) is 0. The topological polar surface area (TPSA) is 91.0 Å². The molecule has 0 spiro atoms. The van der Waals surface area contributed by atoms with Crippen LogP contribution in [-0.2, 0) is 0 Å². The second-order valence-electron chi connectivity index (χ2n) is 6.18. The van der Waals surface area contributed by atoms with Crippen molar-refractivity contribution < 1.29 is 4.74 Å². The lowest BCUT2D eigenvalue weighted by Crippen LogP contribution is -2.08. The molecule has 0 unspecified atom stereocenters. The molecular weight excluding hydrogens is 338 g/mol. The number of hydrogen-bond donors (Lipinski definition) is 1. The summed E-state index contributed by atoms with van der Waals surface area (Å²) in [5.74, 6) is 0.952. The van der Waals surface area contributed by atoms with Gasteiger partial charge in [0.1, 0.15) is 29.3 Å². The molecule has 0 radical (unpaired) electrons. The fourth-order valence-corrected chi connectivity index (χ4v) is 3.00. The molecule has 0 aliphatic heterocycles. The van der Waals surface area contributed by atoms with Gasteiger partial charge >= 0.3 is 0 Å². The van der Waals surface area contributed by atoms with E-state index in [1.54, 1.807) is 11.7 Å². The van der Waals surface area contributed by atoms with Crippen molar-refractivity contribution in [1.82, 2.24) is 4.57 Å². The summed E-state index contributed by atoms with van der Waals surface area (Å²) >= 11 is 0. The Morgan fingerprint density at radius 3 is 2.00 bits per heavy atom. The highest BCUT2D eigenvalue weighted by Crippen LogP contribution is 2.36. The van der Waals surface area contributed by atoms with Crippen molar-refractivity contribution >= 4 is 11.5 Å². The number of methoxy groups -OCH3 is 1. The number of anilines is 2. The zero-order valence-corrected chi connectivity index (χ0v) is 15.4. The Labute approximate surface area is 158 Å². The smallest absolute Gasteiger partial charge is 0.128 e. The molecule has 0 fully saturated rings. The number of benzene rings is 2. The standard InChI is InChI=1S/C21H19N5O/c1-25(2)15-6-4-14(5-7-15)20-18(12-22)19(13-23)21(24)26(20)16-8-10-17(27-3)11-9-16/h4-11H,24H2,1-3H3. The Bertz CT molecular complexity index is 1050. The largest absolute Gasteiger partial charge is 0.497 e. The molecular formula is C21H19N5O. The molecule has 1 heterocycles. The summed E-state index contributed by atoms with van der Waals surface area (Å²) in [5.41, 5.74) is 9.90. The third-order valence-electron chi connectivity index (χ3n) is 4.42. The number of rotatable bonds is 4. The summed E-state index contributed by atoms with van der Waals surface area (Å²) in [6.45, 7) is 0. The second-order valence-corrected chi connectivity index (χ2v) is 6.18. The Hall–Kier alpha value is -3.90. The molecule has 0 atom stereocenters. The van der Waals surface area contributed by atoms with Crippen LogP contribution in [0.1, 0.15) is 11.1 Å². The van der Waals surface area contributed by atoms with E-state index in [9.17, 15) is 10.5 Å². The average molecular weight is 357 g/mol. The Morgan fingerprint density at radius 1 is 0.926 bits per heavy atom. The maximum atomic E-state index is 9.70. The van der Waals surface area contributed by atoms with Gasteiger partial charge < -0.3 is 15.4 Å². The van der Waals surface area contributed by atoms with Crippen LogP contribution in [0, 0.1) is 22.7 Å². The van der Waals surface area contributed by atoms with Crippen molar-refractivity contribution in [3.8, 4) is 34.8 Å². The molecule has 0 aliphatic rings. The number of nitrogens with zero attached hydrogens (tertiary/aromatic N) is 4. The number of nitrogen functional groups attached to an aromatic ring is 1. The quantitative estimate of drug-likeness (QED) is 0.771. The molecule has 0 amide bonds. The Balaban J connectivity index is 2.28. The summed E-state index contributed by atoms with van der Waals surface area (Å²) in [6, 6.07) is 19.3. The van der Waals surface area contributed by atoms with Gasteiger partial charge in [-0.3, -0.25) is 4.57 Å². The zero-order chi connectivity index (χ0) is 19.6. The third-order valence-corrected chi connectivity index (χ3v) is 4.42. The van der Waals surface area contributed by atoms with E-state index in [-0.39, 0.29) is 16.9 Å². The molecule has 1 aromatic heterocycles. The van der Waals surface area contributed by atoms with E-state index in [2.05, 4.69) is 12.1 Å². The monoisotopic (exact) mass is 357 g/mol. The molecule has 0 saturated heterocycles. The number of nitrogens with two attached hydrogens (primary N) is 1.